The van der Waals surface area contributed by atoms with E-state index in [0.29, 0.717) is 6.42 Å². The number of carboxylic acid groups (broad SMARTS) is 1. The Bertz CT molecular complexity index is 423. The van der Waals surface area contributed by atoms with Gasteiger partial charge in [-0.1, -0.05) is 6.92 Å². The van der Waals surface area contributed by atoms with Crippen molar-refractivity contribution < 1.29 is 23.1 Å². The molecule has 0 aliphatic heterocycles. The van der Waals surface area contributed by atoms with Gasteiger partial charge in [0, 0.05) is 13.1 Å². The number of amides is 2. The number of rotatable bonds is 8. The Kier molecular flexibility index (Phi) is 6.77. The summed E-state index contributed by atoms with van der Waals surface area (Å²) in [4.78, 5) is 22.4. The molecule has 8 nitrogen and oxygen atoms in total. The van der Waals surface area contributed by atoms with E-state index in [9.17, 15) is 18.0 Å². The van der Waals surface area contributed by atoms with Gasteiger partial charge < -0.3 is 15.7 Å². The number of hydrogen-bond donors (Lipinski definition) is 4. The maximum Gasteiger partial charge on any atom is 0.329 e. The smallest absolute Gasteiger partial charge is 0.329 e. The summed E-state index contributed by atoms with van der Waals surface area (Å²) in [7, 11) is -3.22. The third kappa shape index (κ3) is 7.62. The van der Waals surface area contributed by atoms with Crippen LogP contribution in [0, 0.1) is 0 Å². The lowest BCUT2D eigenvalue weighted by molar-refractivity contribution is -0.143. The van der Waals surface area contributed by atoms with Gasteiger partial charge in [0.1, 0.15) is 5.54 Å². The second-order valence-electron chi connectivity index (χ2n) is 4.39. The number of urea groups is 1. The molecule has 19 heavy (non-hydrogen) atoms. The van der Waals surface area contributed by atoms with E-state index >= 15 is 0 Å². The van der Waals surface area contributed by atoms with Crippen LogP contribution in [0.25, 0.3) is 0 Å². The molecule has 0 spiro atoms. The highest BCUT2D eigenvalue weighted by Gasteiger charge is 2.32. The first kappa shape index (κ1) is 17.6. The zero-order chi connectivity index (χ0) is 15.1. The fraction of sp³-hybridized carbons (Fsp3) is 0.800. The molecule has 0 aromatic heterocycles. The zero-order valence-corrected chi connectivity index (χ0v) is 12.1. The first-order chi connectivity index (χ1) is 8.60. The molecule has 0 aliphatic rings. The average Bonchev–Trinajstić information content (AvgIpc) is 2.26. The molecule has 0 aliphatic carbocycles. The van der Waals surface area contributed by atoms with Crippen molar-refractivity contribution in [1.29, 1.82) is 0 Å². The largest absolute Gasteiger partial charge is 0.480 e. The van der Waals surface area contributed by atoms with E-state index in [1.807, 2.05) is 0 Å². The molecule has 0 aromatic rings. The Labute approximate surface area is 113 Å². The summed E-state index contributed by atoms with van der Waals surface area (Å²) in [6.07, 6.45) is 1.72. The maximum absolute atomic E-state index is 11.5. The summed E-state index contributed by atoms with van der Waals surface area (Å²) >= 11 is 0. The molecule has 0 aromatic carbocycles. The van der Waals surface area contributed by atoms with Crippen LogP contribution in [-0.4, -0.2) is 50.4 Å². The van der Waals surface area contributed by atoms with Crippen molar-refractivity contribution in [3.8, 4) is 0 Å². The van der Waals surface area contributed by atoms with Crippen LogP contribution >= 0.6 is 0 Å². The van der Waals surface area contributed by atoms with Crippen LogP contribution in [-0.2, 0) is 14.8 Å². The molecule has 0 saturated heterocycles. The number of carbonyl (C=O) groups excluding carboxylic acids is 1. The monoisotopic (exact) mass is 295 g/mol. The summed E-state index contributed by atoms with van der Waals surface area (Å²) in [6, 6.07) is -0.592. The van der Waals surface area contributed by atoms with Crippen LogP contribution in [0.5, 0.6) is 0 Å². The van der Waals surface area contributed by atoms with Gasteiger partial charge in [-0.2, -0.15) is 0 Å². The Morgan fingerprint density at radius 2 is 1.84 bits per heavy atom. The Balaban J connectivity index is 3.97. The second-order valence-corrected chi connectivity index (χ2v) is 6.22. The molecule has 2 amide bonds. The summed E-state index contributed by atoms with van der Waals surface area (Å²) in [5.74, 6) is -1.11. The third-order valence-corrected chi connectivity index (χ3v) is 3.30. The summed E-state index contributed by atoms with van der Waals surface area (Å²) in [6.45, 7) is 3.53. The van der Waals surface area contributed by atoms with Gasteiger partial charge in [0.15, 0.2) is 0 Å². The van der Waals surface area contributed by atoms with Crippen molar-refractivity contribution in [2.45, 2.75) is 32.2 Å². The van der Waals surface area contributed by atoms with Crippen LogP contribution in [0.1, 0.15) is 26.7 Å². The normalized spacial score (nSPS) is 14.5. The van der Waals surface area contributed by atoms with Gasteiger partial charge in [-0.05, 0) is 19.8 Å². The summed E-state index contributed by atoms with van der Waals surface area (Å²) < 4.78 is 23.8. The van der Waals surface area contributed by atoms with E-state index in [1.165, 1.54) is 6.92 Å². The number of carboxylic acids is 1. The van der Waals surface area contributed by atoms with Crippen LogP contribution in [0.4, 0.5) is 4.79 Å². The van der Waals surface area contributed by atoms with Crippen molar-refractivity contribution in [3.63, 3.8) is 0 Å². The number of hydrogen-bond acceptors (Lipinski definition) is 4. The van der Waals surface area contributed by atoms with Gasteiger partial charge in [-0.15, -0.1) is 0 Å². The standard InChI is InChI=1S/C10H21N3O5S/c1-4-10(2,8(14)15)13-9(16)11-6-5-7-12-19(3,17)18/h12H,4-7H2,1-3H3,(H,14,15)(H2,11,13,16). The van der Waals surface area contributed by atoms with Gasteiger partial charge in [0.05, 0.1) is 6.26 Å². The maximum atomic E-state index is 11.5. The Hall–Kier alpha value is -1.35. The van der Waals surface area contributed by atoms with Gasteiger partial charge in [0.25, 0.3) is 0 Å². The predicted molar refractivity (Wildman–Crippen MR) is 70.3 cm³/mol. The van der Waals surface area contributed by atoms with Crippen molar-refractivity contribution in [3.05, 3.63) is 0 Å². The van der Waals surface area contributed by atoms with Crippen LogP contribution < -0.4 is 15.4 Å². The molecule has 0 saturated carbocycles. The average molecular weight is 295 g/mol. The Morgan fingerprint density at radius 1 is 1.26 bits per heavy atom. The molecular weight excluding hydrogens is 274 g/mol. The van der Waals surface area contributed by atoms with Crippen LogP contribution in [0.15, 0.2) is 0 Å². The second kappa shape index (κ2) is 7.29. The van der Waals surface area contributed by atoms with E-state index in [1.54, 1.807) is 6.92 Å². The first-order valence-corrected chi connectivity index (χ1v) is 7.74. The van der Waals surface area contributed by atoms with Crippen molar-refractivity contribution in [1.82, 2.24) is 15.4 Å². The lowest BCUT2D eigenvalue weighted by atomic mass is 10.00. The highest BCUT2D eigenvalue weighted by molar-refractivity contribution is 7.88. The van der Waals surface area contributed by atoms with E-state index in [0.717, 1.165) is 6.26 Å². The summed E-state index contributed by atoms with van der Waals surface area (Å²) in [5.41, 5.74) is -1.31. The van der Waals surface area contributed by atoms with Crippen molar-refractivity contribution in [2.75, 3.05) is 19.3 Å². The van der Waals surface area contributed by atoms with Gasteiger partial charge in [0.2, 0.25) is 10.0 Å². The lowest BCUT2D eigenvalue weighted by Gasteiger charge is -2.24. The number of carbonyl (C=O) groups is 2. The molecule has 1 unspecified atom stereocenters. The summed E-state index contributed by atoms with van der Waals surface area (Å²) in [5, 5.41) is 13.8. The van der Waals surface area contributed by atoms with Crippen molar-refractivity contribution in [2.24, 2.45) is 0 Å². The number of aliphatic carboxylic acids is 1. The first-order valence-electron chi connectivity index (χ1n) is 5.85. The minimum absolute atomic E-state index is 0.211. The minimum Gasteiger partial charge on any atom is -0.480 e. The van der Waals surface area contributed by atoms with E-state index in [-0.39, 0.29) is 19.5 Å². The quantitative estimate of drug-likeness (QED) is 0.448. The van der Waals surface area contributed by atoms with E-state index in [2.05, 4.69) is 15.4 Å². The molecule has 0 heterocycles. The number of nitrogens with one attached hydrogen (secondary N) is 3. The fourth-order valence-corrected chi connectivity index (χ4v) is 1.65. The highest BCUT2D eigenvalue weighted by Crippen LogP contribution is 2.08. The van der Waals surface area contributed by atoms with Gasteiger partial charge >= 0.3 is 12.0 Å². The molecule has 9 heteroatoms. The lowest BCUT2D eigenvalue weighted by Crippen LogP contribution is -2.55. The van der Waals surface area contributed by atoms with Crippen LogP contribution in [0.3, 0.4) is 0 Å². The van der Waals surface area contributed by atoms with Crippen LogP contribution in [0.2, 0.25) is 0 Å². The number of sulfonamides is 1. The zero-order valence-electron chi connectivity index (χ0n) is 11.3. The topological polar surface area (TPSA) is 125 Å². The molecule has 0 rings (SSSR count). The SMILES string of the molecule is CCC(C)(NC(=O)NCCCNS(C)(=O)=O)C(=O)O. The molecule has 4 N–H and O–H groups in total. The third-order valence-electron chi connectivity index (χ3n) is 2.57. The Morgan fingerprint density at radius 3 is 2.26 bits per heavy atom. The molecular formula is C10H21N3O5S. The minimum atomic E-state index is -3.22. The molecule has 1 atom stereocenters. The molecule has 0 bridgehead atoms. The molecule has 0 fully saturated rings. The van der Waals surface area contributed by atoms with Gasteiger partial charge in [-0.25, -0.2) is 22.7 Å². The highest BCUT2D eigenvalue weighted by atomic mass is 32.2. The van der Waals surface area contributed by atoms with E-state index < -0.39 is 27.6 Å². The van der Waals surface area contributed by atoms with E-state index in [4.69, 9.17) is 5.11 Å². The molecule has 112 valence electrons. The van der Waals surface area contributed by atoms with Gasteiger partial charge in [-0.3, -0.25) is 0 Å². The molecule has 0 radical (unpaired) electrons. The van der Waals surface area contributed by atoms with Crippen molar-refractivity contribution >= 4 is 22.0 Å². The predicted octanol–water partition coefficient (Wildman–Crippen LogP) is -0.522. The fourth-order valence-electron chi connectivity index (χ4n) is 1.14.